The summed E-state index contributed by atoms with van der Waals surface area (Å²) in [5.41, 5.74) is 10.6. The van der Waals surface area contributed by atoms with Crippen LogP contribution in [0.15, 0.2) is 42.5 Å². The van der Waals surface area contributed by atoms with Crippen LogP contribution in [0.2, 0.25) is 0 Å². The molecule has 0 saturated heterocycles. The number of benzene rings is 2. The van der Waals surface area contributed by atoms with Gasteiger partial charge in [-0.25, -0.2) is 0 Å². The highest BCUT2D eigenvalue weighted by atomic mass is 16.5. The predicted octanol–water partition coefficient (Wildman–Crippen LogP) is 3.17. The van der Waals surface area contributed by atoms with E-state index >= 15 is 0 Å². The van der Waals surface area contributed by atoms with Crippen LogP contribution in [0, 0.1) is 6.92 Å². The summed E-state index contributed by atoms with van der Waals surface area (Å²) in [5.74, 6) is 0.904. The molecule has 0 unspecified atom stereocenters. The quantitative estimate of drug-likeness (QED) is 0.892. The normalized spacial score (nSPS) is 10.4. The number of hydrogen-bond donors (Lipinski definition) is 1. The molecule has 94 valence electrons. The molecule has 2 N–H and O–H groups in total. The van der Waals surface area contributed by atoms with Crippen molar-refractivity contribution in [2.75, 3.05) is 13.7 Å². The van der Waals surface area contributed by atoms with Crippen molar-refractivity contribution >= 4 is 0 Å². The van der Waals surface area contributed by atoms with Crippen LogP contribution in [0.3, 0.4) is 0 Å². The van der Waals surface area contributed by atoms with Crippen molar-refractivity contribution in [2.45, 2.75) is 13.3 Å². The van der Waals surface area contributed by atoms with Crippen molar-refractivity contribution in [3.63, 3.8) is 0 Å². The van der Waals surface area contributed by atoms with Crippen molar-refractivity contribution in [3.8, 4) is 16.9 Å². The second-order valence-electron chi connectivity index (χ2n) is 4.40. The van der Waals surface area contributed by atoms with E-state index in [1.165, 1.54) is 16.7 Å². The molecule has 0 aliphatic carbocycles. The van der Waals surface area contributed by atoms with Crippen LogP contribution in [0.25, 0.3) is 11.1 Å². The smallest absolute Gasteiger partial charge is 0.126 e. The molecule has 0 bridgehead atoms. The van der Waals surface area contributed by atoms with E-state index in [9.17, 15) is 0 Å². The zero-order valence-electron chi connectivity index (χ0n) is 10.9. The third kappa shape index (κ3) is 2.54. The highest BCUT2D eigenvalue weighted by Gasteiger charge is 2.09. The van der Waals surface area contributed by atoms with Gasteiger partial charge in [-0.2, -0.15) is 0 Å². The van der Waals surface area contributed by atoms with E-state index in [0.717, 1.165) is 17.7 Å². The monoisotopic (exact) mass is 241 g/mol. The first-order valence-electron chi connectivity index (χ1n) is 6.19. The molecule has 0 saturated carbocycles. The Kier molecular flexibility index (Phi) is 4.00. The van der Waals surface area contributed by atoms with Gasteiger partial charge in [0.2, 0.25) is 0 Å². The van der Waals surface area contributed by atoms with Crippen LogP contribution in [0.1, 0.15) is 11.1 Å². The number of methoxy groups -OCH3 is 1. The average molecular weight is 241 g/mol. The highest BCUT2D eigenvalue weighted by Crippen LogP contribution is 2.32. The Bertz CT molecular complexity index is 534. The summed E-state index contributed by atoms with van der Waals surface area (Å²) in [6, 6.07) is 14.6. The fraction of sp³-hybridized carbons (Fsp3) is 0.250. The molecule has 2 nitrogen and oxygen atoms in total. The molecule has 0 heterocycles. The molecule has 0 aliphatic rings. The van der Waals surface area contributed by atoms with Gasteiger partial charge in [0, 0.05) is 5.56 Å². The van der Waals surface area contributed by atoms with E-state index < -0.39 is 0 Å². The van der Waals surface area contributed by atoms with Crippen LogP contribution in [0.5, 0.6) is 5.75 Å². The number of hydrogen-bond acceptors (Lipinski definition) is 2. The lowest BCUT2D eigenvalue weighted by Gasteiger charge is -2.13. The first-order chi connectivity index (χ1) is 8.76. The van der Waals surface area contributed by atoms with Gasteiger partial charge >= 0.3 is 0 Å². The molecular weight excluding hydrogens is 222 g/mol. The van der Waals surface area contributed by atoms with Crippen molar-refractivity contribution in [1.29, 1.82) is 0 Å². The first-order valence-corrected chi connectivity index (χ1v) is 6.19. The predicted molar refractivity (Wildman–Crippen MR) is 75.9 cm³/mol. The number of para-hydroxylation sites is 1. The Balaban J connectivity index is 2.57. The van der Waals surface area contributed by atoms with Gasteiger partial charge in [0.25, 0.3) is 0 Å². The van der Waals surface area contributed by atoms with Gasteiger partial charge in [-0.3, -0.25) is 0 Å². The molecule has 0 aromatic heterocycles. The Hall–Kier alpha value is -1.80. The van der Waals surface area contributed by atoms with Gasteiger partial charge in [0.15, 0.2) is 0 Å². The number of ether oxygens (including phenoxy) is 1. The van der Waals surface area contributed by atoms with Crippen LogP contribution < -0.4 is 10.5 Å². The lowest BCUT2D eigenvalue weighted by Crippen LogP contribution is -2.04. The van der Waals surface area contributed by atoms with E-state index in [4.69, 9.17) is 10.5 Å². The molecule has 0 radical (unpaired) electrons. The first kappa shape index (κ1) is 12.7. The second-order valence-corrected chi connectivity index (χ2v) is 4.40. The maximum atomic E-state index is 5.68. The molecular formula is C16H19NO. The summed E-state index contributed by atoms with van der Waals surface area (Å²) < 4.78 is 5.44. The Morgan fingerprint density at radius 2 is 1.83 bits per heavy atom. The minimum Gasteiger partial charge on any atom is -0.496 e. The van der Waals surface area contributed by atoms with Gasteiger partial charge in [0.05, 0.1) is 7.11 Å². The van der Waals surface area contributed by atoms with Gasteiger partial charge in [-0.1, -0.05) is 42.0 Å². The molecule has 2 aromatic rings. The summed E-state index contributed by atoms with van der Waals surface area (Å²) in [4.78, 5) is 0. The van der Waals surface area contributed by atoms with Gasteiger partial charge < -0.3 is 10.5 Å². The molecule has 0 spiro atoms. The summed E-state index contributed by atoms with van der Waals surface area (Å²) in [7, 11) is 1.71. The van der Waals surface area contributed by atoms with E-state index in [0.29, 0.717) is 6.54 Å². The maximum Gasteiger partial charge on any atom is 0.126 e. The van der Waals surface area contributed by atoms with Gasteiger partial charge in [0.1, 0.15) is 5.75 Å². The largest absolute Gasteiger partial charge is 0.496 e. The lowest BCUT2D eigenvalue weighted by molar-refractivity contribution is 0.416. The Morgan fingerprint density at radius 1 is 1.06 bits per heavy atom. The summed E-state index contributed by atoms with van der Waals surface area (Å²) in [5, 5.41) is 0. The molecule has 18 heavy (non-hydrogen) atoms. The number of rotatable bonds is 4. The van der Waals surface area contributed by atoms with E-state index in [1.807, 2.05) is 18.2 Å². The summed E-state index contributed by atoms with van der Waals surface area (Å²) >= 11 is 0. The molecule has 0 atom stereocenters. The van der Waals surface area contributed by atoms with Gasteiger partial charge in [-0.05, 0) is 37.1 Å². The topological polar surface area (TPSA) is 35.2 Å². The fourth-order valence-electron chi connectivity index (χ4n) is 2.18. The van der Waals surface area contributed by atoms with E-state index in [-0.39, 0.29) is 0 Å². The maximum absolute atomic E-state index is 5.68. The van der Waals surface area contributed by atoms with Crippen LogP contribution in [-0.2, 0) is 6.42 Å². The number of aryl methyl sites for hydroxylation is 1. The SMILES string of the molecule is COc1ccccc1-c1cc(C)ccc1CCN. The van der Waals surface area contributed by atoms with Gasteiger partial charge in [-0.15, -0.1) is 0 Å². The zero-order valence-corrected chi connectivity index (χ0v) is 10.9. The van der Waals surface area contributed by atoms with Crippen LogP contribution >= 0.6 is 0 Å². The summed E-state index contributed by atoms with van der Waals surface area (Å²) in [6.45, 7) is 2.76. The van der Waals surface area contributed by atoms with E-state index in [1.54, 1.807) is 7.11 Å². The van der Waals surface area contributed by atoms with Crippen LogP contribution in [-0.4, -0.2) is 13.7 Å². The highest BCUT2D eigenvalue weighted by molar-refractivity contribution is 5.74. The Labute approximate surface area is 108 Å². The molecule has 0 aliphatic heterocycles. The molecule has 2 rings (SSSR count). The Morgan fingerprint density at radius 3 is 2.56 bits per heavy atom. The molecule has 2 heteroatoms. The van der Waals surface area contributed by atoms with Crippen molar-refractivity contribution in [2.24, 2.45) is 5.73 Å². The van der Waals surface area contributed by atoms with Crippen molar-refractivity contribution in [3.05, 3.63) is 53.6 Å². The van der Waals surface area contributed by atoms with E-state index in [2.05, 4.69) is 31.2 Å². The second kappa shape index (κ2) is 5.69. The molecule has 0 fully saturated rings. The van der Waals surface area contributed by atoms with Crippen molar-refractivity contribution < 1.29 is 4.74 Å². The fourth-order valence-corrected chi connectivity index (χ4v) is 2.18. The zero-order chi connectivity index (χ0) is 13.0. The molecule has 0 amide bonds. The average Bonchev–Trinajstić information content (AvgIpc) is 2.41. The number of nitrogens with two attached hydrogens (primary N) is 1. The third-order valence-electron chi connectivity index (χ3n) is 3.08. The molecule has 2 aromatic carbocycles. The van der Waals surface area contributed by atoms with Crippen LogP contribution in [0.4, 0.5) is 0 Å². The third-order valence-corrected chi connectivity index (χ3v) is 3.08. The minimum absolute atomic E-state index is 0.658. The van der Waals surface area contributed by atoms with Crippen molar-refractivity contribution in [1.82, 2.24) is 0 Å². The standard InChI is InChI=1S/C16H19NO/c1-12-7-8-13(9-10-17)15(11-12)14-5-3-4-6-16(14)18-2/h3-8,11H,9-10,17H2,1-2H3. The minimum atomic E-state index is 0.658. The summed E-state index contributed by atoms with van der Waals surface area (Å²) in [6.07, 6.45) is 0.883. The lowest BCUT2D eigenvalue weighted by atomic mass is 9.95.